The molecule has 0 aromatic carbocycles. The fraction of sp³-hybridized carbons (Fsp3) is 0.700. The maximum Gasteiger partial charge on any atom is 0.0916 e. The molecule has 1 N–H and O–H groups in total. The van der Waals surface area contributed by atoms with E-state index >= 15 is 0 Å². The zero-order valence-corrected chi connectivity index (χ0v) is 9.56. The molecule has 1 aromatic rings. The van der Waals surface area contributed by atoms with Crippen molar-refractivity contribution in [2.75, 3.05) is 20.3 Å². The highest BCUT2D eigenvalue weighted by molar-refractivity contribution is 4.98. The lowest BCUT2D eigenvalue weighted by atomic mass is 10.4. The van der Waals surface area contributed by atoms with Crippen molar-refractivity contribution in [2.45, 2.75) is 26.4 Å². The second-order valence-corrected chi connectivity index (χ2v) is 3.54. The van der Waals surface area contributed by atoms with Crippen LogP contribution in [0.1, 0.15) is 25.6 Å². The first-order valence-corrected chi connectivity index (χ1v) is 5.11. The minimum absolute atomic E-state index is 0.396. The molecule has 0 bridgehead atoms. The maximum absolute atomic E-state index is 5.12. The Morgan fingerprint density at radius 3 is 2.87 bits per heavy atom. The molecule has 0 amide bonds. The minimum Gasteiger partial charge on any atom is -0.382 e. The van der Waals surface area contributed by atoms with Crippen LogP contribution < -0.4 is 5.48 Å². The van der Waals surface area contributed by atoms with Crippen LogP contribution in [0.25, 0.3) is 0 Å². The fourth-order valence-electron chi connectivity index (χ4n) is 1.08. The second-order valence-electron chi connectivity index (χ2n) is 3.54. The molecule has 0 radical (unpaired) electrons. The number of nitrogens with one attached hydrogen (secondary N) is 1. The second kappa shape index (κ2) is 6.55. The van der Waals surface area contributed by atoms with Gasteiger partial charge in [0, 0.05) is 19.3 Å². The minimum atomic E-state index is 0.396. The van der Waals surface area contributed by atoms with Crippen LogP contribution in [0.3, 0.4) is 0 Å². The van der Waals surface area contributed by atoms with Gasteiger partial charge in [-0.2, -0.15) is 10.6 Å². The van der Waals surface area contributed by atoms with Crippen molar-refractivity contribution in [2.24, 2.45) is 0 Å². The van der Waals surface area contributed by atoms with Crippen LogP contribution in [-0.4, -0.2) is 30.1 Å². The van der Waals surface area contributed by atoms with Gasteiger partial charge in [-0.05, 0) is 19.9 Å². The van der Waals surface area contributed by atoms with E-state index in [-0.39, 0.29) is 0 Å². The number of ether oxygens (including phenoxy) is 1. The number of hydrogen-bond acceptors (Lipinski definition) is 4. The van der Waals surface area contributed by atoms with E-state index in [0.717, 1.165) is 5.69 Å². The van der Waals surface area contributed by atoms with Crippen LogP contribution in [0, 0.1) is 0 Å². The topological polar surface area (TPSA) is 48.3 Å². The molecular weight excluding hydrogens is 194 g/mol. The first-order chi connectivity index (χ1) is 7.24. The number of aromatic nitrogens is 2. The molecule has 5 heteroatoms. The Morgan fingerprint density at radius 2 is 2.27 bits per heavy atom. The summed E-state index contributed by atoms with van der Waals surface area (Å²) in [4.78, 5) is 5.12. The van der Waals surface area contributed by atoms with Gasteiger partial charge in [0.2, 0.25) is 0 Å². The van der Waals surface area contributed by atoms with Gasteiger partial charge in [0.15, 0.2) is 0 Å². The summed E-state index contributed by atoms with van der Waals surface area (Å²) in [5.41, 5.74) is 3.81. The first-order valence-electron chi connectivity index (χ1n) is 5.11. The number of nitrogens with zero attached hydrogens (tertiary/aromatic N) is 2. The molecule has 5 nitrogen and oxygen atoms in total. The quantitative estimate of drug-likeness (QED) is 0.545. The van der Waals surface area contributed by atoms with Crippen molar-refractivity contribution >= 4 is 0 Å². The lowest BCUT2D eigenvalue weighted by Gasteiger charge is -2.05. The molecule has 1 aromatic heterocycles. The molecule has 15 heavy (non-hydrogen) atoms. The third kappa shape index (κ3) is 4.42. The summed E-state index contributed by atoms with van der Waals surface area (Å²) in [6.07, 6.45) is 1.97. The number of rotatable bonds is 7. The van der Waals surface area contributed by atoms with Crippen molar-refractivity contribution in [3.63, 3.8) is 0 Å². The maximum atomic E-state index is 5.12. The average molecular weight is 213 g/mol. The molecule has 0 aliphatic heterocycles. The van der Waals surface area contributed by atoms with Gasteiger partial charge in [-0.1, -0.05) is 0 Å². The number of methoxy groups -OCH3 is 1. The molecule has 0 saturated carbocycles. The molecule has 0 aliphatic carbocycles. The molecule has 1 heterocycles. The summed E-state index contributed by atoms with van der Waals surface area (Å²) in [5.74, 6) is 0. The van der Waals surface area contributed by atoms with Gasteiger partial charge in [-0.25, -0.2) is 0 Å². The van der Waals surface area contributed by atoms with E-state index in [1.807, 2.05) is 16.9 Å². The van der Waals surface area contributed by atoms with Gasteiger partial charge in [-0.3, -0.25) is 9.52 Å². The average Bonchev–Trinajstić information content (AvgIpc) is 2.66. The van der Waals surface area contributed by atoms with Crippen molar-refractivity contribution in [3.05, 3.63) is 18.0 Å². The SMILES string of the molecule is COCCONCc1ccn(C(C)C)n1. The Labute approximate surface area is 90.3 Å². The van der Waals surface area contributed by atoms with Gasteiger partial charge in [-0.15, -0.1) is 0 Å². The molecular formula is C10H19N3O2. The van der Waals surface area contributed by atoms with E-state index in [9.17, 15) is 0 Å². The predicted molar refractivity (Wildman–Crippen MR) is 57.3 cm³/mol. The van der Waals surface area contributed by atoms with E-state index < -0.39 is 0 Å². The zero-order valence-electron chi connectivity index (χ0n) is 9.56. The number of hydrogen-bond donors (Lipinski definition) is 1. The third-order valence-electron chi connectivity index (χ3n) is 1.94. The molecule has 0 unspecified atom stereocenters. The Hall–Kier alpha value is -0.910. The highest BCUT2D eigenvalue weighted by atomic mass is 16.7. The molecule has 1 rings (SSSR count). The zero-order chi connectivity index (χ0) is 11.1. The summed E-state index contributed by atoms with van der Waals surface area (Å²) in [6.45, 7) is 5.94. The summed E-state index contributed by atoms with van der Waals surface area (Å²) < 4.78 is 6.77. The van der Waals surface area contributed by atoms with E-state index in [4.69, 9.17) is 9.57 Å². The van der Waals surface area contributed by atoms with Crippen molar-refractivity contribution < 1.29 is 9.57 Å². The molecule has 0 fully saturated rings. The van der Waals surface area contributed by atoms with Crippen molar-refractivity contribution in [3.8, 4) is 0 Å². The van der Waals surface area contributed by atoms with Gasteiger partial charge in [0.1, 0.15) is 0 Å². The predicted octanol–water partition coefficient (Wildman–Crippen LogP) is 1.13. The van der Waals surface area contributed by atoms with E-state index in [2.05, 4.69) is 24.4 Å². The number of hydroxylamine groups is 1. The summed E-state index contributed by atoms with van der Waals surface area (Å²) in [6, 6.07) is 2.38. The molecule has 0 aliphatic rings. The summed E-state index contributed by atoms with van der Waals surface area (Å²) >= 11 is 0. The standard InChI is InChI=1S/C10H19N3O2/c1-9(2)13-5-4-10(12-13)8-11-15-7-6-14-3/h4-5,9,11H,6-8H2,1-3H3. The Kier molecular flexibility index (Phi) is 5.31. The Morgan fingerprint density at radius 1 is 1.47 bits per heavy atom. The van der Waals surface area contributed by atoms with Crippen LogP contribution in [0.5, 0.6) is 0 Å². The van der Waals surface area contributed by atoms with Crippen molar-refractivity contribution in [1.82, 2.24) is 15.3 Å². The van der Waals surface area contributed by atoms with Crippen LogP contribution in [-0.2, 0) is 16.1 Å². The van der Waals surface area contributed by atoms with Gasteiger partial charge < -0.3 is 4.74 Å². The Balaban J connectivity index is 2.20. The van der Waals surface area contributed by atoms with Gasteiger partial charge in [0.05, 0.1) is 25.5 Å². The molecule has 86 valence electrons. The fourth-order valence-corrected chi connectivity index (χ4v) is 1.08. The molecule has 0 spiro atoms. The highest BCUT2D eigenvalue weighted by Crippen LogP contribution is 2.03. The lowest BCUT2D eigenvalue weighted by molar-refractivity contribution is 0.00291. The molecule has 0 saturated heterocycles. The summed E-state index contributed by atoms with van der Waals surface area (Å²) in [5, 5.41) is 4.37. The van der Waals surface area contributed by atoms with Crippen LogP contribution in [0.15, 0.2) is 12.3 Å². The van der Waals surface area contributed by atoms with Crippen LogP contribution in [0.4, 0.5) is 0 Å². The molecule has 0 atom stereocenters. The third-order valence-corrected chi connectivity index (χ3v) is 1.94. The van der Waals surface area contributed by atoms with E-state index in [1.165, 1.54) is 0 Å². The Bertz CT molecular complexity index is 273. The smallest absolute Gasteiger partial charge is 0.0916 e. The monoisotopic (exact) mass is 213 g/mol. The first kappa shape index (κ1) is 12.2. The summed E-state index contributed by atoms with van der Waals surface area (Å²) in [7, 11) is 1.65. The van der Waals surface area contributed by atoms with E-state index in [0.29, 0.717) is 25.8 Å². The van der Waals surface area contributed by atoms with E-state index in [1.54, 1.807) is 7.11 Å². The van der Waals surface area contributed by atoms with Crippen LogP contribution >= 0.6 is 0 Å². The normalized spacial score (nSPS) is 11.2. The lowest BCUT2D eigenvalue weighted by Crippen LogP contribution is -2.17. The van der Waals surface area contributed by atoms with Crippen LogP contribution in [0.2, 0.25) is 0 Å². The van der Waals surface area contributed by atoms with Gasteiger partial charge in [0.25, 0.3) is 0 Å². The van der Waals surface area contributed by atoms with Gasteiger partial charge >= 0.3 is 0 Å². The highest BCUT2D eigenvalue weighted by Gasteiger charge is 2.01. The van der Waals surface area contributed by atoms with Crippen molar-refractivity contribution in [1.29, 1.82) is 0 Å². The largest absolute Gasteiger partial charge is 0.382 e.